The first-order valence-electron chi connectivity index (χ1n) is 6.66. The molecule has 0 aliphatic carbocycles. The average Bonchev–Trinajstić information content (AvgIpc) is 2.50. The second-order valence-corrected chi connectivity index (χ2v) is 4.42. The first-order valence-corrected chi connectivity index (χ1v) is 6.66. The summed E-state index contributed by atoms with van der Waals surface area (Å²) in [7, 11) is 0. The van der Waals surface area contributed by atoms with Gasteiger partial charge in [-0.05, 0) is 13.0 Å². The third kappa shape index (κ3) is 4.80. The largest absolute Gasteiger partial charge is 1.00 e. The Morgan fingerprint density at radius 1 is 1.27 bits per heavy atom. The van der Waals surface area contributed by atoms with E-state index in [9.17, 15) is 4.79 Å². The highest BCUT2D eigenvalue weighted by Crippen LogP contribution is 2.03. The van der Waals surface area contributed by atoms with Crippen molar-refractivity contribution in [2.24, 2.45) is 5.16 Å². The van der Waals surface area contributed by atoms with Crippen LogP contribution >= 0.6 is 0 Å². The molecule has 0 saturated heterocycles. The molecule has 0 aliphatic rings. The Bertz CT molecular complexity index is 645. The van der Waals surface area contributed by atoms with Crippen molar-refractivity contribution < 1.29 is 43.3 Å². The molecule has 0 bridgehead atoms. The van der Waals surface area contributed by atoms with Crippen LogP contribution < -0.4 is 28.5 Å². The number of halogens is 1. The van der Waals surface area contributed by atoms with Gasteiger partial charge < -0.3 is 33.9 Å². The lowest BCUT2D eigenvalue weighted by Gasteiger charge is -2.04. The fourth-order valence-corrected chi connectivity index (χ4v) is 1.98. The Labute approximate surface area is 146 Å². The Hall–Kier alpha value is -1.96. The molecule has 22 heavy (non-hydrogen) atoms. The van der Waals surface area contributed by atoms with Gasteiger partial charge >= 0.3 is 5.97 Å². The maximum Gasteiger partial charge on any atom is 0.344 e. The molecule has 1 aromatic carbocycles. The summed E-state index contributed by atoms with van der Waals surface area (Å²) in [6, 6.07) is 13.2. The summed E-state index contributed by atoms with van der Waals surface area (Å²) in [6.07, 6.45) is 3.03. The highest BCUT2D eigenvalue weighted by atomic mass is 127. The van der Waals surface area contributed by atoms with Gasteiger partial charge in [0.1, 0.15) is 11.8 Å². The summed E-state index contributed by atoms with van der Waals surface area (Å²) < 4.78 is 6.83. The molecule has 0 fully saturated rings. The number of hydrogen-bond acceptors (Lipinski definition) is 4. The summed E-state index contributed by atoms with van der Waals surface area (Å²) in [5.41, 5.74) is 2.23. The van der Waals surface area contributed by atoms with Crippen molar-refractivity contribution in [1.82, 2.24) is 0 Å². The second kappa shape index (κ2) is 9.14. The number of pyridine rings is 1. The molecule has 2 rings (SSSR count). The molecule has 2 aromatic rings. The molecule has 0 saturated carbocycles. The highest BCUT2D eigenvalue weighted by Gasteiger charge is 2.16. The molecule has 6 heteroatoms. The molecule has 1 aromatic heterocycles. The van der Waals surface area contributed by atoms with Gasteiger partial charge in [-0.25, -0.2) is 4.79 Å². The summed E-state index contributed by atoms with van der Waals surface area (Å²) in [4.78, 5) is 11.8. The number of oxime groups is 1. The zero-order chi connectivity index (χ0) is 15.1. The van der Waals surface area contributed by atoms with Gasteiger partial charge in [0, 0.05) is 11.6 Å². The third-order valence-electron chi connectivity index (χ3n) is 2.96. The molecule has 116 valence electrons. The van der Waals surface area contributed by atoms with E-state index in [-0.39, 0.29) is 29.9 Å². The number of ether oxygens (including phenoxy) is 1. The predicted octanol–water partition coefficient (Wildman–Crippen LogP) is -0.989. The number of aromatic nitrogens is 1. The summed E-state index contributed by atoms with van der Waals surface area (Å²) >= 11 is 0. The highest BCUT2D eigenvalue weighted by molar-refractivity contribution is 5.89. The maximum absolute atomic E-state index is 11.8. The van der Waals surface area contributed by atoms with Gasteiger partial charge in [-0.2, -0.15) is 4.57 Å². The predicted molar refractivity (Wildman–Crippen MR) is 77.5 cm³/mol. The van der Waals surface area contributed by atoms with Crippen LogP contribution in [-0.4, -0.2) is 24.0 Å². The van der Waals surface area contributed by atoms with Crippen molar-refractivity contribution in [2.45, 2.75) is 13.5 Å². The number of rotatable bonds is 5. The quantitative estimate of drug-likeness (QED) is 0.171. The van der Waals surface area contributed by atoms with E-state index in [1.165, 1.54) is 6.21 Å². The van der Waals surface area contributed by atoms with Gasteiger partial charge in [0.2, 0.25) is 5.69 Å². The molecule has 0 spiro atoms. The SMILES string of the molecule is CCOC(=O)c1ccc(/C=N/O)[n+](Cc2ccccc2)c1.[I-]. The minimum atomic E-state index is -0.369. The maximum atomic E-state index is 11.8. The molecule has 0 aliphatic heterocycles. The van der Waals surface area contributed by atoms with E-state index < -0.39 is 0 Å². The van der Waals surface area contributed by atoms with Crippen LogP contribution in [0.15, 0.2) is 53.8 Å². The normalized spacial score (nSPS) is 10.2. The van der Waals surface area contributed by atoms with Gasteiger partial charge in [0.15, 0.2) is 12.7 Å². The van der Waals surface area contributed by atoms with Gasteiger partial charge in [-0.3, -0.25) is 0 Å². The van der Waals surface area contributed by atoms with E-state index in [2.05, 4.69) is 5.16 Å². The van der Waals surface area contributed by atoms with E-state index in [1.807, 2.05) is 34.9 Å². The lowest BCUT2D eigenvalue weighted by atomic mass is 10.2. The van der Waals surface area contributed by atoms with Crippen molar-refractivity contribution in [2.75, 3.05) is 6.61 Å². The first kappa shape index (κ1) is 18.1. The number of nitrogens with zero attached hydrogens (tertiary/aromatic N) is 2. The van der Waals surface area contributed by atoms with Crippen LogP contribution in [0.4, 0.5) is 0 Å². The number of hydrogen-bond donors (Lipinski definition) is 1. The molecule has 0 unspecified atom stereocenters. The van der Waals surface area contributed by atoms with Crippen molar-refractivity contribution in [1.29, 1.82) is 0 Å². The van der Waals surface area contributed by atoms with E-state index in [1.54, 1.807) is 25.3 Å². The standard InChI is InChI=1S/C16H16N2O3.HI/c1-2-21-16(19)14-8-9-15(10-17-20)18(12-14)11-13-6-4-3-5-7-13;/h3-10,12H,2,11H2,1H3;1H. The lowest BCUT2D eigenvalue weighted by molar-refractivity contribution is -0.689. The summed E-state index contributed by atoms with van der Waals surface area (Å²) in [5, 5.41) is 11.8. The number of carbonyl (C=O) groups is 1. The van der Waals surface area contributed by atoms with Crippen LogP contribution in [0, 0.1) is 0 Å². The Balaban J connectivity index is 0.00000242. The second-order valence-electron chi connectivity index (χ2n) is 4.42. The zero-order valence-electron chi connectivity index (χ0n) is 12.1. The zero-order valence-corrected chi connectivity index (χ0v) is 14.3. The molecule has 0 amide bonds. The van der Waals surface area contributed by atoms with E-state index in [4.69, 9.17) is 9.94 Å². The van der Waals surface area contributed by atoms with Crippen LogP contribution in [0.3, 0.4) is 0 Å². The van der Waals surface area contributed by atoms with Crippen LogP contribution in [0.25, 0.3) is 0 Å². The van der Waals surface area contributed by atoms with Crippen LogP contribution in [0.2, 0.25) is 0 Å². The Morgan fingerprint density at radius 3 is 2.64 bits per heavy atom. The molecular formula is C16H17IN2O3. The van der Waals surface area contributed by atoms with E-state index in [0.29, 0.717) is 24.4 Å². The minimum Gasteiger partial charge on any atom is -1.00 e. The van der Waals surface area contributed by atoms with Gasteiger partial charge in [-0.15, -0.1) is 0 Å². The van der Waals surface area contributed by atoms with E-state index >= 15 is 0 Å². The number of benzene rings is 1. The lowest BCUT2D eigenvalue weighted by Crippen LogP contribution is -3.00. The van der Waals surface area contributed by atoms with Crippen LogP contribution in [0.1, 0.15) is 28.5 Å². The van der Waals surface area contributed by atoms with Crippen molar-refractivity contribution in [3.63, 3.8) is 0 Å². The van der Waals surface area contributed by atoms with E-state index in [0.717, 1.165) is 5.56 Å². The van der Waals surface area contributed by atoms with Crippen molar-refractivity contribution in [3.8, 4) is 0 Å². The first-order chi connectivity index (χ1) is 10.2. The topological polar surface area (TPSA) is 62.8 Å². The fourth-order valence-electron chi connectivity index (χ4n) is 1.98. The molecule has 1 heterocycles. The fraction of sp³-hybridized carbons (Fsp3) is 0.188. The van der Waals surface area contributed by atoms with Gasteiger partial charge in [0.25, 0.3) is 0 Å². The monoisotopic (exact) mass is 412 g/mol. The Morgan fingerprint density at radius 2 is 2.00 bits per heavy atom. The number of carbonyl (C=O) groups excluding carboxylic acids is 1. The van der Waals surface area contributed by atoms with Crippen LogP contribution in [-0.2, 0) is 11.3 Å². The number of esters is 1. The molecule has 0 atom stereocenters. The van der Waals surface area contributed by atoms with Crippen molar-refractivity contribution in [3.05, 3.63) is 65.5 Å². The third-order valence-corrected chi connectivity index (χ3v) is 2.96. The molecule has 1 N–H and O–H groups in total. The summed E-state index contributed by atoms with van der Waals surface area (Å²) in [6.45, 7) is 2.66. The Kier molecular flexibility index (Phi) is 7.51. The van der Waals surface area contributed by atoms with Crippen LogP contribution in [0.5, 0.6) is 0 Å². The van der Waals surface area contributed by atoms with Gasteiger partial charge in [0.05, 0.1) is 6.61 Å². The van der Waals surface area contributed by atoms with Gasteiger partial charge in [-0.1, -0.05) is 35.5 Å². The molecule has 0 radical (unpaired) electrons. The van der Waals surface area contributed by atoms with Crippen molar-refractivity contribution >= 4 is 12.2 Å². The summed E-state index contributed by atoms with van der Waals surface area (Å²) in [5.74, 6) is -0.369. The molecule has 5 nitrogen and oxygen atoms in total. The molecular weight excluding hydrogens is 395 g/mol. The smallest absolute Gasteiger partial charge is 0.344 e. The minimum absolute atomic E-state index is 0. The average molecular weight is 412 g/mol.